The molecule has 0 aromatic heterocycles. The number of sulfonamides is 1. The van der Waals surface area contributed by atoms with Crippen LogP contribution in [0.15, 0.2) is 29.2 Å². The summed E-state index contributed by atoms with van der Waals surface area (Å²) in [5.74, 6) is 0. The lowest BCUT2D eigenvalue weighted by atomic mass is 10.0. The lowest BCUT2D eigenvalue weighted by Crippen LogP contribution is -2.48. The van der Waals surface area contributed by atoms with E-state index >= 15 is 0 Å². The fourth-order valence-corrected chi connectivity index (χ4v) is 5.23. The summed E-state index contributed by atoms with van der Waals surface area (Å²) in [4.78, 5) is 2.15. The minimum Gasteiger partial charge on any atom is -0.300 e. The monoisotopic (exact) mass is 376 g/mol. The Morgan fingerprint density at radius 1 is 0.960 bits per heavy atom. The number of likely N-dealkylation sites (tertiary alicyclic amines) is 1. The average molecular weight is 376 g/mol. The Labute approximate surface area is 146 Å². The summed E-state index contributed by atoms with van der Waals surface area (Å²) in [6, 6.07) is 4.39. The standard InChI is InChI=1S/C17H23F3N2O2S/c18-17(19,20)14-5-4-6-16(13-14)25(23,24)22-11-7-15(8-12-22)21-9-2-1-3-10-21/h4-6,13,15H,1-3,7-12H2. The topological polar surface area (TPSA) is 40.6 Å². The van der Waals surface area contributed by atoms with Gasteiger partial charge in [-0.15, -0.1) is 0 Å². The van der Waals surface area contributed by atoms with Crippen LogP contribution in [0, 0.1) is 0 Å². The highest BCUT2D eigenvalue weighted by atomic mass is 32.2. The van der Waals surface area contributed by atoms with E-state index in [0.29, 0.717) is 19.1 Å². The van der Waals surface area contributed by atoms with Crippen LogP contribution in [-0.2, 0) is 16.2 Å². The van der Waals surface area contributed by atoms with Crippen molar-refractivity contribution in [1.82, 2.24) is 9.21 Å². The molecule has 0 aliphatic carbocycles. The Bertz CT molecular complexity index is 692. The zero-order valence-corrected chi connectivity index (χ0v) is 14.8. The minimum atomic E-state index is -4.55. The predicted octanol–water partition coefficient (Wildman–Crippen LogP) is 3.34. The molecule has 8 heteroatoms. The smallest absolute Gasteiger partial charge is 0.300 e. The minimum absolute atomic E-state index is 0.279. The molecule has 0 saturated carbocycles. The second kappa shape index (κ2) is 7.25. The zero-order valence-electron chi connectivity index (χ0n) is 14.0. The first-order valence-electron chi connectivity index (χ1n) is 8.70. The number of benzene rings is 1. The first-order valence-corrected chi connectivity index (χ1v) is 10.1. The van der Waals surface area contributed by atoms with Crippen molar-refractivity contribution in [3.8, 4) is 0 Å². The summed E-state index contributed by atoms with van der Waals surface area (Å²) in [6.45, 7) is 2.84. The van der Waals surface area contributed by atoms with Gasteiger partial charge in [0.2, 0.25) is 10.0 Å². The lowest BCUT2D eigenvalue weighted by molar-refractivity contribution is -0.137. The maximum Gasteiger partial charge on any atom is 0.416 e. The summed E-state index contributed by atoms with van der Waals surface area (Å²) >= 11 is 0. The highest BCUT2D eigenvalue weighted by Crippen LogP contribution is 2.32. The third-order valence-electron chi connectivity index (χ3n) is 5.13. The molecule has 2 fully saturated rings. The fraction of sp³-hybridized carbons (Fsp3) is 0.647. The van der Waals surface area contributed by atoms with Crippen LogP contribution in [0.2, 0.25) is 0 Å². The molecule has 3 rings (SSSR count). The fourth-order valence-electron chi connectivity index (χ4n) is 3.71. The van der Waals surface area contributed by atoms with Gasteiger partial charge in [-0.1, -0.05) is 12.5 Å². The average Bonchev–Trinajstić information content (AvgIpc) is 2.62. The molecule has 4 nitrogen and oxygen atoms in total. The molecule has 1 aromatic carbocycles. The molecule has 0 unspecified atom stereocenters. The van der Waals surface area contributed by atoms with Crippen LogP contribution in [0.1, 0.15) is 37.7 Å². The van der Waals surface area contributed by atoms with Gasteiger partial charge in [0.25, 0.3) is 0 Å². The van der Waals surface area contributed by atoms with E-state index in [4.69, 9.17) is 0 Å². The Balaban J connectivity index is 1.69. The number of hydrogen-bond acceptors (Lipinski definition) is 3. The van der Waals surface area contributed by atoms with E-state index in [1.54, 1.807) is 0 Å². The van der Waals surface area contributed by atoms with E-state index < -0.39 is 21.8 Å². The molecule has 0 spiro atoms. The quantitative estimate of drug-likeness (QED) is 0.812. The van der Waals surface area contributed by atoms with E-state index in [1.807, 2.05) is 0 Å². The van der Waals surface area contributed by atoms with E-state index in [9.17, 15) is 21.6 Å². The predicted molar refractivity (Wildman–Crippen MR) is 88.6 cm³/mol. The lowest BCUT2D eigenvalue weighted by Gasteiger charge is -2.39. The van der Waals surface area contributed by atoms with Crippen LogP contribution in [0.5, 0.6) is 0 Å². The molecule has 0 atom stereocenters. The van der Waals surface area contributed by atoms with Crippen LogP contribution in [0.25, 0.3) is 0 Å². The Morgan fingerprint density at radius 3 is 2.20 bits per heavy atom. The van der Waals surface area contributed by atoms with Crippen LogP contribution < -0.4 is 0 Å². The molecule has 1 aromatic rings. The van der Waals surface area contributed by atoms with Gasteiger partial charge in [-0.2, -0.15) is 17.5 Å². The summed E-state index contributed by atoms with van der Waals surface area (Å²) in [5, 5.41) is 0. The van der Waals surface area contributed by atoms with Crippen molar-refractivity contribution in [2.24, 2.45) is 0 Å². The molecule has 0 N–H and O–H groups in total. The van der Waals surface area contributed by atoms with Gasteiger partial charge < -0.3 is 4.90 Å². The number of halogens is 3. The molecule has 2 saturated heterocycles. The Morgan fingerprint density at radius 2 is 1.60 bits per heavy atom. The van der Waals surface area contributed by atoms with Gasteiger partial charge in [-0.25, -0.2) is 8.42 Å². The molecule has 2 aliphatic rings. The zero-order chi connectivity index (χ0) is 18.1. The molecule has 0 radical (unpaired) electrons. The van der Waals surface area contributed by atoms with Gasteiger partial charge in [-0.05, 0) is 57.0 Å². The molecule has 25 heavy (non-hydrogen) atoms. The third-order valence-corrected chi connectivity index (χ3v) is 7.02. The van der Waals surface area contributed by atoms with Crippen LogP contribution >= 0.6 is 0 Å². The molecule has 0 amide bonds. The van der Waals surface area contributed by atoms with Gasteiger partial charge >= 0.3 is 6.18 Å². The Kier molecular flexibility index (Phi) is 5.41. The summed E-state index contributed by atoms with van der Waals surface area (Å²) in [7, 11) is -3.88. The normalized spacial score (nSPS) is 22.2. The summed E-state index contributed by atoms with van der Waals surface area (Å²) in [5.41, 5.74) is -0.934. The number of piperidine rings is 2. The van der Waals surface area contributed by atoms with E-state index in [2.05, 4.69) is 4.90 Å². The molecule has 140 valence electrons. The van der Waals surface area contributed by atoms with Crippen LogP contribution in [0.3, 0.4) is 0 Å². The number of rotatable bonds is 3. The first kappa shape index (κ1) is 18.7. The highest BCUT2D eigenvalue weighted by molar-refractivity contribution is 7.89. The largest absolute Gasteiger partial charge is 0.416 e. The Hall–Kier alpha value is -1.12. The second-order valence-electron chi connectivity index (χ2n) is 6.76. The number of hydrogen-bond donors (Lipinski definition) is 0. The van der Waals surface area contributed by atoms with E-state index in [-0.39, 0.29) is 4.90 Å². The van der Waals surface area contributed by atoms with Gasteiger partial charge in [0.15, 0.2) is 0 Å². The number of nitrogens with zero attached hydrogens (tertiary/aromatic N) is 2. The maximum absolute atomic E-state index is 12.8. The van der Waals surface area contributed by atoms with E-state index in [0.717, 1.165) is 44.1 Å². The van der Waals surface area contributed by atoms with Gasteiger partial charge in [0.05, 0.1) is 10.5 Å². The molecule has 2 heterocycles. The van der Waals surface area contributed by atoms with Crippen molar-refractivity contribution in [3.05, 3.63) is 29.8 Å². The third kappa shape index (κ3) is 4.17. The van der Waals surface area contributed by atoms with Crippen molar-refractivity contribution in [2.45, 2.75) is 49.2 Å². The van der Waals surface area contributed by atoms with Crippen molar-refractivity contribution in [1.29, 1.82) is 0 Å². The van der Waals surface area contributed by atoms with Crippen molar-refractivity contribution in [2.75, 3.05) is 26.2 Å². The summed E-state index contributed by atoms with van der Waals surface area (Å²) in [6.07, 6.45) is 0.536. The second-order valence-corrected chi connectivity index (χ2v) is 8.70. The number of alkyl halides is 3. The molecular weight excluding hydrogens is 353 g/mol. The maximum atomic E-state index is 12.8. The summed E-state index contributed by atoms with van der Waals surface area (Å²) < 4.78 is 65.2. The van der Waals surface area contributed by atoms with Crippen molar-refractivity contribution >= 4 is 10.0 Å². The van der Waals surface area contributed by atoms with Crippen molar-refractivity contribution < 1.29 is 21.6 Å². The highest BCUT2D eigenvalue weighted by Gasteiger charge is 2.35. The van der Waals surface area contributed by atoms with Gasteiger partial charge in [0.1, 0.15) is 0 Å². The van der Waals surface area contributed by atoms with Crippen molar-refractivity contribution in [3.63, 3.8) is 0 Å². The van der Waals surface area contributed by atoms with Gasteiger partial charge in [0, 0.05) is 19.1 Å². The first-order chi connectivity index (χ1) is 11.8. The molecule has 2 aliphatic heterocycles. The molecular formula is C17H23F3N2O2S. The van der Waals surface area contributed by atoms with Crippen LogP contribution in [-0.4, -0.2) is 49.8 Å². The van der Waals surface area contributed by atoms with Crippen LogP contribution in [0.4, 0.5) is 13.2 Å². The molecule has 0 bridgehead atoms. The van der Waals surface area contributed by atoms with E-state index in [1.165, 1.54) is 29.6 Å². The van der Waals surface area contributed by atoms with Gasteiger partial charge in [-0.3, -0.25) is 0 Å². The SMILES string of the molecule is O=S(=O)(c1cccc(C(F)(F)F)c1)N1CCC(N2CCCCC2)CC1.